The monoisotopic (exact) mass is 427 g/mol. The normalized spacial score (nSPS) is 11.5. The largest absolute Gasteiger partial charge is 0.507 e. The van der Waals surface area contributed by atoms with Gasteiger partial charge in [0.25, 0.3) is 0 Å². The van der Waals surface area contributed by atoms with E-state index in [0.717, 1.165) is 55.3 Å². The number of benzene rings is 2. The molecule has 3 rings (SSSR count). The molecule has 0 aliphatic carbocycles. The Balaban J connectivity index is 2.08. The number of hydrogen-bond donors (Lipinski definition) is 1. The minimum Gasteiger partial charge on any atom is -0.507 e. The standard InChI is InChI=1S/C25H30ClNO3/c1-4-6-14-27(15-7-5-2)16-21-22(28)13-12-20-17(3)23(25(29)30-24(20)21)18-8-10-19(26)11-9-18/h8-13,28H,4-7,14-16H2,1-3H3. The van der Waals surface area contributed by atoms with Crippen LogP contribution in [0.1, 0.15) is 50.7 Å². The summed E-state index contributed by atoms with van der Waals surface area (Å²) in [6, 6.07) is 10.7. The van der Waals surface area contributed by atoms with Crippen molar-refractivity contribution in [3.8, 4) is 16.9 Å². The fraction of sp³-hybridized carbons (Fsp3) is 0.400. The zero-order chi connectivity index (χ0) is 21.7. The van der Waals surface area contributed by atoms with Gasteiger partial charge < -0.3 is 9.52 Å². The van der Waals surface area contributed by atoms with Crippen LogP contribution in [0.4, 0.5) is 0 Å². The molecule has 0 saturated heterocycles. The van der Waals surface area contributed by atoms with Crippen molar-refractivity contribution >= 4 is 22.6 Å². The number of hydrogen-bond acceptors (Lipinski definition) is 4. The Morgan fingerprint density at radius 2 is 1.63 bits per heavy atom. The second-order valence-electron chi connectivity index (χ2n) is 7.82. The van der Waals surface area contributed by atoms with Gasteiger partial charge in [0.05, 0.1) is 11.1 Å². The minimum atomic E-state index is -0.400. The Morgan fingerprint density at radius 3 is 2.23 bits per heavy atom. The van der Waals surface area contributed by atoms with E-state index < -0.39 is 5.63 Å². The first-order valence-corrected chi connectivity index (χ1v) is 11.1. The van der Waals surface area contributed by atoms with E-state index >= 15 is 0 Å². The molecule has 0 aliphatic rings. The molecule has 0 fully saturated rings. The van der Waals surface area contributed by atoms with Crippen molar-refractivity contribution in [2.24, 2.45) is 0 Å². The summed E-state index contributed by atoms with van der Waals surface area (Å²) in [4.78, 5) is 15.3. The van der Waals surface area contributed by atoms with Crippen molar-refractivity contribution in [2.45, 2.75) is 53.0 Å². The molecule has 0 amide bonds. The van der Waals surface area contributed by atoms with Gasteiger partial charge >= 0.3 is 5.63 Å². The van der Waals surface area contributed by atoms with Crippen molar-refractivity contribution in [2.75, 3.05) is 13.1 Å². The lowest BCUT2D eigenvalue weighted by molar-refractivity contribution is 0.253. The number of fused-ring (bicyclic) bond motifs is 1. The van der Waals surface area contributed by atoms with Crippen molar-refractivity contribution in [1.82, 2.24) is 4.90 Å². The van der Waals surface area contributed by atoms with Crippen LogP contribution in [-0.2, 0) is 6.54 Å². The Bertz CT molecular complexity index is 1050. The van der Waals surface area contributed by atoms with E-state index in [1.807, 2.05) is 25.1 Å². The van der Waals surface area contributed by atoms with E-state index in [0.29, 0.717) is 28.3 Å². The van der Waals surface area contributed by atoms with E-state index in [9.17, 15) is 9.90 Å². The third-order valence-corrected chi connectivity index (χ3v) is 5.84. The number of phenolic OH excluding ortho intramolecular Hbond substituents is 1. The van der Waals surface area contributed by atoms with E-state index in [1.54, 1.807) is 18.2 Å². The molecular weight excluding hydrogens is 398 g/mol. The first-order valence-electron chi connectivity index (χ1n) is 10.7. The number of aryl methyl sites for hydroxylation is 1. The zero-order valence-corrected chi connectivity index (χ0v) is 18.8. The molecule has 3 aromatic rings. The summed E-state index contributed by atoms with van der Waals surface area (Å²) < 4.78 is 5.80. The topological polar surface area (TPSA) is 53.7 Å². The maximum absolute atomic E-state index is 12.9. The molecule has 0 unspecified atom stereocenters. The molecule has 0 aliphatic heterocycles. The van der Waals surface area contributed by atoms with Gasteiger partial charge in [-0.3, -0.25) is 4.90 Å². The van der Waals surface area contributed by atoms with Crippen LogP contribution in [0.25, 0.3) is 22.1 Å². The number of aromatic hydroxyl groups is 1. The summed E-state index contributed by atoms with van der Waals surface area (Å²) in [5, 5.41) is 12.1. The smallest absolute Gasteiger partial charge is 0.344 e. The van der Waals surface area contributed by atoms with E-state index in [4.69, 9.17) is 16.0 Å². The van der Waals surface area contributed by atoms with Gasteiger partial charge in [0.15, 0.2) is 0 Å². The second-order valence-corrected chi connectivity index (χ2v) is 8.26. The number of unbranched alkanes of at least 4 members (excludes halogenated alkanes) is 2. The van der Waals surface area contributed by atoms with Crippen LogP contribution in [0.15, 0.2) is 45.6 Å². The molecule has 0 bridgehead atoms. The average Bonchev–Trinajstić information content (AvgIpc) is 2.73. The van der Waals surface area contributed by atoms with Crippen molar-refractivity contribution in [3.63, 3.8) is 0 Å². The van der Waals surface area contributed by atoms with Gasteiger partial charge in [0, 0.05) is 17.0 Å². The summed E-state index contributed by atoms with van der Waals surface area (Å²) in [7, 11) is 0. The molecule has 1 aromatic heterocycles. The Kier molecular flexibility index (Phi) is 7.57. The Hall–Kier alpha value is -2.30. The number of halogens is 1. The van der Waals surface area contributed by atoms with Gasteiger partial charge in [-0.2, -0.15) is 0 Å². The molecule has 160 valence electrons. The van der Waals surface area contributed by atoms with Crippen molar-refractivity contribution in [1.29, 1.82) is 0 Å². The molecule has 0 atom stereocenters. The third-order valence-electron chi connectivity index (χ3n) is 5.58. The average molecular weight is 428 g/mol. The lowest BCUT2D eigenvalue weighted by Crippen LogP contribution is -2.26. The van der Waals surface area contributed by atoms with Crippen LogP contribution in [0.5, 0.6) is 5.75 Å². The maximum atomic E-state index is 12.9. The summed E-state index contributed by atoms with van der Waals surface area (Å²) in [6.45, 7) is 8.75. The van der Waals surface area contributed by atoms with Crippen LogP contribution in [0, 0.1) is 6.92 Å². The second kappa shape index (κ2) is 10.1. The summed E-state index contributed by atoms with van der Waals surface area (Å²) in [5.41, 5.74) is 2.91. The molecule has 0 saturated carbocycles. The number of rotatable bonds is 9. The van der Waals surface area contributed by atoms with Crippen LogP contribution >= 0.6 is 11.6 Å². The zero-order valence-electron chi connectivity index (χ0n) is 18.0. The Morgan fingerprint density at radius 1 is 1.00 bits per heavy atom. The summed E-state index contributed by atoms with van der Waals surface area (Å²) in [5.74, 6) is 0.169. The first-order chi connectivity index (χ1) is 14.5. The first kappa shape index (κ1) is 22.4. The predicted octanol–water partition coefficient (Wildman–Crippen LogP) is 6.53. The summed E-state index contributed by atoms with van der Waals surface area (Å²) >= 11 is 6.00. The molecule has 0 radical (unpaired) electrons. The van der Waals surface area contributed by atoms with Gasteiger partial charge in [-0.25, -0.2) is 4.79 Å². The van der Waals surface area contributed by atoms with E-state index in [2.05, 4.69) is 18.7 Å². The fourth-order valence-electron chi connectivity index (χ4n) is 3.82. The molecule has 1 heterocycles. The van der Waals surface area contributed by atoms with Crippen LogP contribution < -0.4 is 5.63 Å². The molecule has 1 N–H and O–H groups in total. The molecule has 30 heavy (non-hydrogen) atoms. The van der Waals surface area contributed by atoms with Crippen LogP contribution in [-0.4, -0.2) is 23.1 Å². The van der Waals surface area contributed by atoms with Crippen LogP contribution in [0.2, 0.25) is 5.02 Å². The summed E-state index contributed by atoms with van der Waals surface area (Å²) in [6.07, 6.45) is 4.42. The fourth-order valence-corrected chi connectivity index (χ4v) is 3.95. The van der Waals surface area contributed by atoms with E-state index in [1.165, 1.54) is 0 Å². The minimum absolute atomic E-state index is 0.169. The molecule has 5 heteroatoms. The van der Waals surface area contributed by atoms with Gasteiger partial charge in [-0.15, -0.1) is 0 Å². The van der Waals surface area contributed by atoms with Gasteiger partial charge in [-0.05, 0) is 68.2 Å². The van der Waals surface area contributed by atoms with Crippen molar-refractivity contribution in [3.05, 3.63) is 63.0 Å². The predicted molar refractivity (Wildman–Crippen MR) is 124 cm³/mol. The lowest BCUT2D eigenvalue weighted by Gasteiger charge is -2.23. The molecular formula is C25H30ClNO3. The molecule has 2 aromatic carbocycles. The number of phenols is 1. The van der Waals surface area contributed by atoms with E-state index in [-0.39, 0.29) is 5.75 Å². The highest BCUT2D eigenvalue weighted by Gasteiger charge is 2.19. The highest BCUT2D eigenvalue weighted by atomic mass is 35.5. The molecule has 0 spiro atoms. The quantitative estimate of drug-likeness (QED) is 0.394. The van der Waals surface area contributed by atoms with Gasteiger partial charge in [-0.1, -0.05) is 50.4 Å². The Labute approximate surface area is 183 Å². The van der Waals surface area contributed by atoms with Crippen molar-refractivity contribution < 1.29 is 9.52 Å². The van der Waals surface area contributed by atoms with Gasteiger partial charge in [0.1, 0.15) is 11.3 Å². The third kappa shape index (κ3) is 4.88. The number of nitrogens with zero attached hydrogens (tertiary/aromatic N) is 1. The highest BCUT2D eigenvalue weighted by Crippen LogP contribution is 2.33. The van der Waals surface area contributed by atoms with Crippen LogP contribution in [0.3, 0.4) is 0 Å². The maximum Gasteiger partial charge on any atom is 0.344 e. The SMILES string of the molecule is CCCCN(CCCC)Cc1c(O)ccc2c(C)c(-c3ccc(Cl)cc3)c(=O)oc12. The molecule has 4 nitrogen and oxygen atoms in total. The lowest BCUT2D eigenvalue weighted by atomic mass is 9.98. The highest BCUT2D eigenvalue weighted by molar-refractivity contribution is 6.30. The van der Waals surface area contributed by atoms with Gasteiger partial charge in [0.2, 0.25) is 0 Å².